The molecule has 0 radical (unpaired) electrons. The molecule has 4 rings (SSSR count). The van der Waals surface area contributed by atoms with Gasteiger partial charge in [0, 0.05) is 45.4 Å². The van der Waals surface area contributed by atoms with Crippen LogP contribution in [0.2, 0.25) is 0 Å². The molecule has 6 heteroatoms. The largest absolute Gasteiger partial charge is 0.381 e. The number of rotatable bonds is 3. The summed E-state index contributed by atoms with van der Waals surface area (Å²) in [6.07, 6.45) is 4.58. The highest BCUT2D eigenvalue weighted by atomic mass is 16.5. The highest BCUT2D eigenvalue weighted by molar-refractivity contribution is 5.86. The highest BCUT2D eigenvalue weighted by Crippen LogP contribution is 2.41. The summed E-state index contributed by atoms with van der Waals surface area (Å²) in [7, 11) is 0. The summed E-state index contributed by atoms with van der Waals surface area (Å²) < 4.78 is 5.46. The van der Waals surface area contributed by atoms with Crippen molar-refractivity contribution in [3.05, 3.63) is 35.9 Å². The number of nitrogens with zero attached hydrogens (tertiary/aromatic N) is 2. The van der Waals surface area contributed by atoms with E-state index in [-0.39, 0.29) is 17.4 Å². The molecule has 1 atom stereocenters. The van der Waals surface area contributed by atoms with Gasteiger partial charge in [0.05, 0.1) is 5.41 Å². The number of nitrogens with one attached hydrogen (secondary N) is 1. The van der Waals surface area contributed by atoms with Gasteiger partial charge >= 0.3 is 6.03 Å². The summed E-state index contributed by atoms with van der Waals surface area (Å²) in [6.45, 7) is 4.07. The number of likely N-dealkylation sites (tertiary alicyclic amines) is 2. The monoisotopic (exact) mass is 371 g/mol. The Hall–Kier alpha value is -2.08. The van der Waals surface area contributed by atoms with Crippen LogP contribution in [0.3, 0.4) is 0 Å². The molecule has 146 valence electrons. The topological polar surface area (TPSA) is 61.9 Å². The Balaban J connectivity index is 1.36. The normalized spacial score (nSPS) is 26.6. The first kappa shape index (κ1) is 18.3. The smallest absolute Gasteiger partial charge is 0.317 e. The van der Waals surface area contributed by atoms with Crippen molar-refractivity contribution in [1.82, 2.24) is 15.1 Å². The zero-order chi connectivity index (χ0) is 18.7. The fourth-order valence-electron chi connectivity index (χ4n) is 4.76. The van der Waals surface area contributed by atoms with Crippen LogP contribution in [0.5, 0.6) is 0 Å². The molecule has 6 nitrogen and oxygen atoms in total. The number of hydrogen-bond donors (Lipinski definition) is 1. The molecule has 3 aliphatic rings. The van der Waals surface area contributed by atoms with Crippen molar-refractivity contribution in [2.75, 3.05) is 32.8 Å². The first-order valence-corrected chi connectivity index (χ1v) is 10.1. The van der Waals surface area contributed by atoms with E-state index in [2.05, 4.69) is 10.2 Å². The van der Waals surface area contributed by atoms with Crippen molar-refractivity contribution in [1.29, 1.82) is 0 Å². The Labute approximate surface area is 160 Å². The van der Waals surface area contributed by atoms with Crippen LogP contribution in [0.15, 0.2) is 30.3 Å². The Morgan fingerprint density at radius 1 is 1.15 bits per heavy atom. The fraction of sp³-hybridized carbons (Fsp3) is 0.619. The Bertz CT molecular complexity index is 675. The standard InChI is InChI=1S/C21H29N3O3/c25-19-21(9-4-11-24(19)18-7-13-27-14-8-18)10-12-23(16-21)20(26)22-15-17-5-2-1-3-6-17/h1-3,5-6,18H,4,7-16H2,(H,22,26). The second kappa shape index (κ2) is 7.89. The first-order chi connectivity index (χ1) is 13.2. The molecule has 1 unspecified atom stereocenters. The van der Waals surface area contributed by atoms with Crippen molar-refractivity contribution in [2.45, 2.75) is 44.7 Å². The van der Waals surface area contributed by atoms with Gasteiger partial charge < -0.3 is 19.9 Å². The maximum atomic E-state index is 13.3. The summed E-state index contributed by atoms with van der Waals surface area (Å²) in [5.41, 5.74) is 0.708. The van der Waals surface area contributed by atoms with Gasteiger partial charge in [-0.1, -0.05) is 30.3 Å². The number of carbonyl (C=O) groups excluding carboxylic acids is 2. The van der Waals surface area contributed by atoms with Gasteiger partial charge in [-0.15, -0.1) is 0 Å². The maximum Gasteiger partial charge on any atom is 0.317 e. The molecule has 1 spiro atoms. The van der Waals surface area contributed by atoms with E-state index in [1.807, 2.05) is 35.2 Å². The first-order valence-electron chi connectivity index (χ1n) is 10.1. The maximum absolute atomic E-state index is 13.3. The van der Waals surface area contributed by atoms with Crippen molar-refractivity contribution in [2.24, 2.45) is 5.41 Å². The van der Waals surface area contributed by atoms with Gasteiger partial charge in [-0.25, -0.2) is 4.79 Å². The van der Waals surface area contributed by atoms with Gasteiger partial charge in [0.15, 0.2) is 0 Å². The second-order valence-electron chi connectivity index (χ2n) is 8.04. The third-order valence-corrected chi connectivity index (χ3v) is 6.33. The number of ether oxygens (including phenoxy) is 1. The highest BCUT2D eigenvalue weighted by Gasteiger charge is 2.50. The summed E-state index contributed by atoms with van der Waals surface area (Å²) in [5, 5.41) is 3.00. The molecule has 3 fully saturated rings. The second-order valence-corrected chi connectivity index (χ2v) is 8.04. The molecule has 3 aliphatic heterocycles. The third-order valence-electron chi connectivity index (χ3n) is 6.33. The number of amides is 3. The van der Waals surface area contributed by atoms with Gasteiger partial charge in [0.1, 0.15) is 0 Å². The molecule has 0 saturated carbocycles. The van der Waals surface area contributed by atoms with E-state index in [0.29, 0.717) is 25.7 Å². The van der Waals surface area contributed by atoms with Crippen LogP contribution in [-0.2, 0) is 16.1 Å². The Morgan fingerprint density at radius 2 is 1.93 bits per heavy atom. The van der Waals surface area contributed by atoms with Crippen molar-refractivity contribution in [3.63, 3.8) is 0 Å². The zero-order valence-corrected chi connectivity index (χ0v) is 15.9. The van der Waals surface area contributed by atoms with Crippen LogP contribution in [0.25, 0.3) is 0 Å². The van der Waals surface area contributed by atoms with Gasteiger partial charge in [0.25, 0.3) is 0 Å². The number of benzene rings is 1. The van der Waals surface area contributed by atoms with E-state index in [9.17, 15) is 9.59 Å². The van der Waals surface area contributed by atoms with Crippen molar-refractivity contribution < 1.29 is 14.3 Å². The molecule has 1 aromatic rings. The number of urea groups is 1. The van der Waals surface area contributed by atoms with Gasteiger partial charge in [-0.2, -0.15) is 0 Å². The molecule has 0 aromatic heterocycles. The summed E-state index contributed by atoms with van der Waals surface area (Å²) in [6, 6.07) is 10.2. The van der Waals surface area contributed by atoms with E-state index >= 15 is 0 Å². The minimum atomic E-state index is -0.374. The third kappa shape index (κ3) is 3.81. The molecule has 3 saturated heterocycles. The van der Waals surface area contributed by atoms with Crippen LogP contribution >= 0.6 is 0 Å². The SMILES string of the molecule is O=C(NCc1ccccc1)N1CCC2(CCCN(C3CCOCC3)C2=O)C1. The van der Waals surface area contributed by atoms with E-state index in [4.69, 9.17) is 4.74 Å². The van der Waals surface area contributed by atoms with Crippen LogP contribution < -0.4 is 5.32 Å². The number of piperidine rings is 1. The van der Waals surface area contributed by atoms with Crippen LogP contribution in [0, 0.1) is 5.41 Å². The predicted octanol–water partition coefficient (Wildman–Crippen LogP) is 2.39. The minimum Gasteiger partial charge on any atom is -0.381 e. The van der Waals surface area contributed by atoms with Gasteiger partial charge in [-0.05, 0) is 37.7 Å². The number of carbonyl (C=O) groups is 2. The van der Waals surface area contributed by atoms with Crippen LogP contribution in [0.1, 0.15) is 37.7 Å². The Kier molecular flexibility index (Phi) is 5.34. The molecule has 1 N–H and O–H groups in total. The zero-order valence-electron chi connectivity index (χ0n) is 15.9. The van der Waals surface area contributed by atoms with Gasteiger partial charge in [-0.3, -0.25) is 4.79 Å². The minimum absolute atomic E-state index is 0.0632. The lowest BCUT2D eigenvalue weighted by atomic mass is 9.77. The summed E-state index contributed by atoms with van der Waals surface area (Å²) in [4.78, 5) is 29.9. The average molecular weight is 371 g/mol. The van der Waals surface area contributed by atoms with E-state index < -0.39 is 0 Å². The van der Waals surface area contributed by atoms with Crippen molar-refractivity contribution in [3.8, 4) is 0 Å². The summed E-state index contributed by atoms with van der Waals surface area (Å²) in [5.74, 6) is 0.263. The molecule has 1 aromatic carbocycles. The van der Waals surface area contributed by atoms with E-state index in [1.54, 1.807) is 0 Å². The molecule has 3 amide bonds. The van der Waals surface area contributed by atoms with E-state index in [1.165, 1.54) is 0 Å². The average Bonchev–Trinajstić information content (AvgIpc) is 3.15. The fourth-order valence-corrected chi connectivity index (χ4v) is 4.76. The van der Waals surface area contributed by atoms with Crippen LogP contribution in [0.4, 0.5) is 4.79 Å². The van der Waals surface area contributed by atoms with Gasteiger partial charge in [0.2, 0.25) is 5.91 Å². The van der Waals surface area contributed by atoms with E-state index in [0.717, 1.165) is 57.4 Å². The van der Waals surface area contributed by atoms with Crippen molar-refractivity contribution >= 4 is 11.9 Å². The lowest BCUT2D eigenvalue weighted by Gasteiger charge is -2.44. The quantitative estimate of drug-likeness (QED) is 0.887. The molecular formula is C21H29N3O3. The molecule has 3 heterocycles. The summed E-state index contributed by atoms with van der Waals surface area (Å²) >= 11 is 0. The predicted molar refractivity (Wildman–Crippen MR) is 102 cm³/mol. The van der Waals surface area contributed by atoms with Crippen LogP contribution in [-0.4, -0.2) is 60.6 Å². The Morgan fingerprint density at radius 3 is 2.70 bits per heavy atom. The molecule has 0 bridgehead atoms. The number of hydrogen-bond acceptors (Lipinski definition) is 3. The molecular weight excluding hydrogens is 342 g/mol. The lowest BCUT2D eigenvalue weighted by Crippen LogP contribution is -2.55. The molecule has 0 aliphatic carbocycles. The lowest BCUT2D eigenvalue weighted by molar-refractivity contribution is -0.150. The molecule has 27 heavy (non-hydrogen) atoms.